The van der Waals surface area contributed by atoms with Gasteiger partial charge in [0.15, 0.2) is 0 Å². The molecule has 1 heterocycles. The van der Waals surface area contributed by atoms with Gasteiger partial charge in [-0.25, -0.2) is 4.98 Å². The first-order valence-electron chi connectivity index (χ1n) is 7.46. The highest BCUT2D eigenvalue weighted by Gasteiger charge is 2.16. The Bertz CT molecular complexity index is 952. The van der Waals surface area contributed by atoms with Gasteiger partial charge < -0.3 is 9.88 Å². The molecule has 1 N–H and O–H groups in total. The molecule has 0 spiro atoms. The molecule has 0 aliphatic heterocycles. The Hall–Kier alpha value is -2.60. The summed E-state index contributed by atoms with van der Waals surface area (Å²) in [4.78, 5) is 34.5. The molecule has 0 aliphatic rings. The lowest BCUT2D eigenvalue weighted by Crippen LogP contribution is -2.28. The minimum absolute atomic E-state index is 0.101. The smallest absolute Gasteiger partial charge is 0.258 e. The number of hydrogen-bond acceptors (Lipinski definition) is 4. The fourth-order valence-electron chi connectivity index (χ4n) is 2.53. The van der Waals surface area contributed by atoms with Crippen molar-refractivity contribution in [2.75, 3.05) is 13.3 Å². The summed E-state index contributed by atoms with van der Waals surface area (Å²) >= 11 is 1.53. The second-order valence-electron chi connectivity index (χ2n) is 5.39. The maximum Gasteiger partial charge on any atom is 0.258 e. The van der Waals surface area contributed by atoms with Crippen molar-refractivity contribution in [3.05, 3.63) is 70.3 Å². The van der Waals surface area contributed by atoms with E-state index in [0.29, 0.717) is 22.3 Å². The number of aromatic amines is 1. The van der Waals surface area contributed by atoms with Gasteiger partial charge in [-0.15, -0.1) is 11.8 Å². The standard InChI is InChI=1S/C18H17N3O2S/c1-21(18(23)13-8-4-6-10-15(13)24-2)11-16-19-14-9-5-3-7-12(14)17(22)20-16/h3-10H,11H2,1-2H3,(H,19,20,22). The quantitative estimate of drug-likeness (QED) is 0.742. The summed E-state index contributed by atoms with van der Waals surface area (Å²) in [5, 5.41) is 0.544. The highest BCUT2D eigenvalue weighted by molar-refractivity contribution is 7.98. The van der Waals surface area contributed by atoms with Crippen LogP contribution in [0.4, 0.5) is 0 Å². The number of carbonyl (C=O) groups excluding carboxylic acids is 1. The number of amides is 1. The number of nitrogens with zero attached hydrogens (tertiary/aromatic N) is 2. The molecule has 0 fully saturated rings. The van der Waals surface area contributed by atoms with Crippen molar-refractivity contribution in [2.24, 2.45) is 0 Å². The Labute approximate surface area is 143 Å². The van der Waals surface area contributed by atoms with Crippen LogP contribution in [0.2, 0.25) is 0 Å². The first kappa shape index (κ1) is 16.3. The van der Waals surface area contributed by atoms with E-state index in [1.54, 1.807) is 36.2 Å². The van der Waals surface area contributed by atoms with Gasteiger partial charge in [0.2, 0.25) is 0 Å². The number of H-pyrrole nitrogens is 1. The molecule has 0 saturated heterocycles. The van der Waals surface area contributed by atoms with Crippen molar-refractivity contribution in [1.82, 2.24) is 14.9 Å². The lowest BCUT2D eigenvalue weighted by atomic mass is 10.2. The molecule has 1 aromatic heterocycles. The second kappa shape index (κ2) is 6.88. The van der Waals surface area contributed by atoms with Crippen molar-refractivity contribution in [3.63, 3.8) is 0 Å². The van der Waals surface area contributed by atoms with Crippen LogP contribution in [0.25, 0.3) is 10.9 Å². The molecule has 6 heteroatoms. The molecule has 0 radical (unpaired) electrons. The van der Waals surface area contributed by atoms with Crippen molar-refractivity contribution in [3.8, 4) is 0 Å². The van der Waals surface area contributed by atoms with Crippen LogP contribution in [0.3, 0.4) is 0 Å². The average molecular weight is 339 g/mol. The number of nitrogens with one attached hydrogen (secondary N) is 1. The highest BCUT2D eigenvalue weighted by Crippen LogP contribution is 2.21. The second-order valence-corrected chi connectivity index (χ2v) is 6.24. The Balaban J connectivity index is 1.88. The number of aromatic nitrogens is 2. The Morgan fingerprint density at radius 3 is 2.67 bits per heavy atom. The van der Waals surface area contributed by atoms with Gasteiger partial charge in [-0.05, 0) is 30.5 Å². The van der Waals surface area contributed by atoms with Crippen LogP contribution < -0.4 is 5.56 Å². The third kappa shape index (κ3) is 3.19. The highest BCUT2D eigenvalue weighted by atomic mass is 32.2. The van der Waals surface area contributed by atoms with Crippen LogP contribution in [0.1, 0.15) is 16.2 Å². The average Bonchev–Trinajstić information content (AvgIpc) is 2.61. The summed E-state index contributed by atoms with van der Waals surface area (Å²) in [5.74, 6) is 0.368. The van der Waals surface area contributed by atoms with Crippen LogP contribution >= 0.6 is 11.8 Å². The number of benzene rings is 2. The number of carbonyl (C=O) groups is 1. The SMILES string of the molecule is CSc1ccccc1C(=O)N(C)Cc1nc2ccccc2c(=O)[nH]1. The van der Waals surface area contributed by atoms with Crippen LogP contribution in [-0.4, -0.2) is 34.1 Å². The van der Waals surface area contributed by atoms with Crippen molar-refractivity contribution >= 4 is 28.6 Å². The minimum Gasteiger partial charge on any atom is -0.334 e. The summed E-state index contributed by atoms with van der Waals surface area (Å²) < 4.78 is 0. The maximum absolute atomic E-state index is 12.7. The van der Waals surface area contributed by atoms with E-state index < -0.39 is 0 Å². The van der Waals surface area contributed by atoms with Gasteiger partial charge in [-0.2, -0.15) is 0 Å². The van der Waals surface area contributed by atoms with Crippen LogP contribution in [0.15, 0.2) is 58.2 Å². The predicted molar refractivity (Wildman–Crippen MR) is 96.4 cm³/mol. The van der Waals surface area contributed by atoms with E-state index in [0.717, 1.165) is 4.90 Å². The van der Waals surface area contributed by atoms with Gasteiger partial charge in [-0.3, -0.25) is 9.59 Å². The monoisotopic (exact) mass is 339 g/mol. The Morgan fingerprint density at radius 2 is 1.88 bits per heavy atom. The molecule has 1 amide bonds. The van der Waals surface area contributed by atoms with Gasteiger partial charge in [-0.1, -0.05) is 24.3 Å². The third-order valence-corrected chi connectivity index (χ3v) is 4.53. The van der Waals surface area contributed by atoms with Gasteiger partial charge in [0.05, 0.1) is 23.0 Å². The molecule has 0 atom stereocenters. The zero-order valence-corrected chi connectivity index (χ0v) is 14.3. The van der Waals surface area contributed by atoms with E-state index in [4.69, 9.17) is 0 Å². The molecule has 0 aliphatic carbocycles. The van der Waals surface area contributed by atoms with E-state index in [2.05, 4.69) is 9.97 Å². The molecule has 0 unspecified atom stereocenters. The molecule has 5 nitrogen and oxygen atoms in total. The zero-order valence-electron chi connectivity index (χ0n) is 13.4. The molecule has 3 aromatic rings. The first-order valence-corrected chi connectivity index (χ1v) is 8.69. The molecular formula is C18H17N3O2S. The lowest BCUT2D eigenvalue weighted by Gasteiger charge is -2.18. The number of thioether (sulfide) groups is 1. The van der Waals surface area contributed by atoms with Crippen molar-refractivity contribution in [2.45, 2.75) is 11.4 Å². The molecule has 0 saturated carbocycles. The number of fused-ring (bicyclic) bond motifs is 1. The summed E-state index contributed by atoms with van der Waals surface area (Å²) in [6.45, 7) is 0.238. The molecule has 0 bridgehead atoms. The summed E-state index contributed by atoms with van der Waals surface area (Å²) in [6, 6.07) is 14.6. The number of hydrogen-bond donors (Lipinski definition) is 1. The van der Waals surface area contributed by atoms with E-state index in [1.807, 2.05) is 30.5 Å². The molecule has 3 rings (SSSR count). The van der Waals surface area contributed by atoms with Gasteiger partial charge in [0.1, 0.15) is 5.82 Å². The third-order valence-electron chi connectivity index (χ3n) is 3.73. The topological polar surface area (TPSA) is 66.1 Å². The van der Waals surface area contributed by atoms with E-state index in [1.165, 1.54) is 11.8 Å². The Morgan fingerprint density at radius 1 is 1.17 bits per heavy atom. The van der Waals surface area contributed by atoms with Gasteiger partial charge in [0.25, 0.3) is 11.5 Å². The lowest BCUT2D eigenvalue weighted by molar-refractivity contribution is 0.0778. The van der Waals surface area contributed by atoms with Crippen LogP contribution in [0.5, 0.6) is 0 Å². The van der Waals surface area contributed by atoms with Gasteiger partial charge >= 0.3 is 0 Å². The minimum atomic E-state index is -0.194. The molecular weight excluding hydrogens is 322 g/mol. The summed E-state index contributed by atoms with van der Waals surface area (Å²) in [6.07, 6.45) is 1.94. The van der Waals surface area contributed by atoms with E-state index in [9.17, 15) is 9.59 Å². The van der Waals surface area contributed by atoms with Crippen molar-refractivity contribution < 1.29 is 4.79 Å². The van der Waals surface area contributed by atoms with Crippen molar-refractivity contribution in [1.29, 1.82) is 0 Å². The molecule has 24 heavy (non-hydrogen) atoms. The summed E-state index contributed by atoms with van der Waals surface area (Å²) in [5.41, 5.74) is 1.08. The number of rotatable bonds is 4. The number of para-hydroxylation sites is 1. The zero-order chi connectivity index (χ0) is 17.1. The molecule has 2 aromatic carbocycles. The maximum atomic E-state index is 12.7. The summed E-state index contributed by atoms with van der Waals surface area (Å²) in [7, 11) is 1.70. The predicted octanol–water partition coefficient (Wildman–Crippen LogP) is 2.92. The fourth-order valence-corrected chi connectivity index (χ4v) is 3.12. The first-order chi connectivity index (χ1) is 11.6. The fraction of sp³-hybridized carbons (Fsp3) is 0.167. The normalized spacial score (nSPS) is 10.8. The van der Waals surface area contributed by atoms with E-state index >= 15 is 0 Å². The van der Waals surface area contributed by atoms with Crippen LogP contribution in [-0.2, 0) is 6.54 Å². The van der Waals surface area contributed by atoms with E-state index in [-0.39, 0.29) is 18.0 Å². The van der Waals surface area contributed by atoms with Gasteiger partial charge in [0, 0.05) is 11.9 Å². The molecule has 122 valence electrons. The van der Waals surface area contributed by atoms with Crippen LogP contribution in [0, 0.1) is 0 Å². The Kier molecular flexibility index (Phi) is 4.66. The largest absolute Gasteiger partial charge is 0.334 e.